The lowest BCUT2D eigenvalue weighted by Gasteiger charge is -2.09. The molecule has 4 N–H and O–H groups in total. The van der Waals surface area contributed by atoms with E-state index in [0.29, 0.717) is 5.56 Å². The maximum atomic E-state index is 13.2. The highest BCUT2D eigenvalue weighted by molar-refractivity contribution is 5.76. The van der Waals surface area contributed by atoms with Crippen LogP contribution in [0.25, 0.3) is 0 Å². The highest BCUT2D eigenvalue weighted by atomic mass is 19.1. The number of hydrogen-bond donors (Lipinski definition) is 3. The van der Waals surface area contributed by atoms with Crippen LogP contribution in [-0.4, -0.2) is 22.2 Å². The van der Waals surface area contributed by atoms with Gasteiger partial charge in [0, 0.05) is 5.56 Å². The van der Waals surface area contributed by atoms with Crippen LogP contribution in [-0.2, 0) is 16.0 Å². The minimum absolute atomic E-state index is 0.216. The van der Waals surface area contributed by atoms with Crippen molar-refractivity contribution in [2.75, 3.05) is 0 Å². The molecule has 0 aromatic heterocycles. The van der Waals surface area contributed by atoms with E-state index in [9.17, 15) is 14.0 Å². The Hall–Kier alpha value is -1.95. The van der Waals surface area contributed by atoms with Gasteiger partial charge in [0.25, 0.3) is 0 Å². The summed E-state index contributed by atoms with van der Waals surface area (Å²) in [6, 6.07) is 1.95. The fraction of sp³-hybridized carbons (Fsp3) is 0.200. The minimum Gasteiger partial charge on any atom is -0.481 e. The summed E-state index contributed by atoms with van der Waals surface area (Å²) >= 11 is 0. The van der Waals surface area contributed by atoms with E-state index in [4.69, 9.17) is 15.9 Å². The molecule has 1 rings (SSSR count). The number of rotatable bonds is 4. The van der Waals surface area contributed by atoms with E-state index in [-0.39, 0.29) is 12.0 Å². The molecule has 0 spiro atoms. The molecule has 1 aromatic rings. The highest BCUT2D eigenvalue weighted by Gasteiger charge is 2.19. The third-order valence-electron chi connectivity index (χ3n) is 2.02. The second-order valence-electron chi connectivity index (χ2n) is 3.24. The fourth-order valence-corrected chi connectivity index (χ4v) is 1.25. The Morgan fingerprint density at radius 3 is 2.50 bits per heavy atom. The van der Waals surface area contributed by atoms with Gasteiger partial charge in [0.1, 0.15) is 11.9 Å². The zero-order chi connectivity index (χ0) is 12.3. The molecule has 0 unspecified atom stereocenters. The van der Waals surface area contributed by atoms with E-state index in [2.05, 4.69) is 0 Å². The number of carboxylic acids is 2. The summed E-state index contributed by atoms with van der Waals surface area (Å²) < 4.78 is 13.2. The van der Waals surface area contributed by atoms with Crippen molar-refractivity contribution < 1.29 is 24.2 Å². The quantitative estimate of drug-likeness (QED) is 0.696. The normalized spacial score (nSPS) is 12.1. The summed E-state index contributed by atoms with van der Waals surface area (Å²) in [4.78, 5) is 21.0. The Bertz CT molecular complexity index is 433. The molecule has 0 aliphatic rings. The zero-order valence-corrected chi connectivity index (χ0v) is 8.18. The van der Waals surface area contributed by atoms with Crippen molar-refractivity contribution in [2.24, 2.45) is 5.73 Å². The average Bonchev–Trinajstić information content (AvgIpc) is 2.19. The van der Waals surface area contributed by atoms with Gasteiger partial charge in [-0.3, -0.25) is 9.59 Å². The SMILES string of the molecule is N[C@H](C(=O)O)c1cc(CC(=O)O)ccc1F. The van der Waals surface area contributed by atoms with Gasteiger partial charge in [-0.1, -0.05) is 12.1 Å². The molecular formula is C10H10FNO4. The maximum absolute atomic E-state index is 13.2. The Kier molecular flexibility index (Phi) is 3.57. The van der Waals surface area contributed by atoms with Crippen molar-refractivity contribution in [3.8, 4) is 0 Å². The van der Waals surface area contributed by atoms with Gasteiger partial charge < -0.3 is 15.9 Å². The molecule has 5 nitrogen and oxygen atoms in total. The molecule has 0 heterocycles. The number of nitrogens with two attached hydrogens (primary N) is 1. The topological polar surface area (TPSA) is 101 Å². The smallest absolute Gasteiger partial charge is 0.325 e. The predicted molar refractivity (Wildman–Crippen MR) is 52.3 cm³/mol. The van der Waals surface area contributed by atoms with Crippen LogP contribution in [0.4, 0.5) is 4.39 Å². The molecule has 0 amide bonds. The fourth-order valence-electron chi connectivity index (χ4n) is 1.25. The molecule has 0 saturated heterocycles. The van der Waals surface area contributed by atoms with Crippen molar-refractivity contribution in [3.05, 3.63) is 35.1 Å². The summed E-state index contributed by atoms with van der Waals surface area (Å²) in [6.45, 7) is 0. The van der Waals surface area contributed by atoms with Crippen LogP contribution in [0.5, 0.6) is 0 Å². The van der Waals surface area contributed by atoms with Gasteiger partial charge in [-0.05, 0) is 11.6 Å². The maximum Gasteiger partial charge on any atom is 0.325 e. The lowest BCUT2D eigenvalue weighted by molar-refractivity contribution is -0.139. The first-order valence-electron chi connectivity index (χ1n) is 4.40. The van der Waals surface area contributed by atoms with Crippen LogP contribution in [0.2, 0.25) is 0 Å². The van der Waals surface area contributed by atoms with Crippen LogP contribution in [0.1, 0.15) is 17.2 Å². The van der Waals surface area contributed by atoms with E-state index >= 15 is 0 Å². The molecule has 6 heteroatoms. The second kappa shape index (κ2) is 4.71. The highest BCUT2D eigenvalue weighted by Crippen LogP contribution is 2.17. The second-order valence-corrected chi connectivity index (χ2v) is 3.24. The van der Waals surface area contributed by atoms with Gasteiger partial charge in [0.2, 0.25) is 0 Å². The standard InChI is InChI=1S/C10H10FNO4/c11-7-2-1-5(4-8(13)14)3-6(7)9(12)10(15)16/h1-3,9H,4,12H2,(H,13,14)(H,15,16)/t9-/m0/s1. The Morgan fingerprint density at radius 2 is 2.00 bits per heavy atom. The van der Waals surface area contributed by atoms with Crippen molar-refractivity contribution in [1.29, 1.82) is 0 Å². The minimum atomic E-state index is -1.49. The van der Waals surface area contributed by atoms with Crippen LogP contribution in [0, 0.1) is 5.82 Å². The first kappa shape index (κ1) is 12.1. The average molecular weight is 227 g/mol. The van der Waals surface area contributed by atoms with E-state index in [1.807, 2.05) is 0 Å². The van der Waals surface area contributed by atoms with E-state index in [1.165, 1.54) is 6.07 Å². The Balaban J connectivity index is 3.08. The Morgan fingerprint density at radius 1 is 1.38 bits per heavy atom. The van der Waals surface area contributed by atoms with E-state index < -0.39 is 23.8 Å². The van der Waals surface area contributed by atoms with Crippen LogP contribution in [0.15, 0.2) is 18.2 Å². The third-order valence-corrected chi connectivity index (χ3v) is 2.02. The molecule has 0 aliphatic carbocycles. The van der Waals surface area contributed by atoms with Gasteiger partial charge in [0.15, 0.2) is 0 Å². The third kappa shape index (κ3) is 2.77. The first-order chi connectivity index (χ1) is 7.41. The predicted octanol–water partition coefficient (Wildman–Crippen LogP) is 0.537. The summed E-state index contributed by atoms with van der Waals surface area (Å²) in [5, 5.41) is 17.2. The molecule has 16 heavy (non-hydrogen) atoms. The van der Waals surface area contributed by atoms with Crippen molar-refractivity contribution in [2.45, 2.75) is 12.5 Å². The van der Waals surface area contributed by atoms with Crippen LogP contribution >= 0.6 is 0 Å². The molecule has 1 aromatic carbocycles. The number of benzene rings is 1. The van der Waals surface area contributed by atoms with Gasteiger partial charge in [-0.2, -0.15) is 0 Å². The molecule has 0 saturated carbocycles. The molecule has 1 atom stereocenters. The molecule has 86 valence electrons. The largest absolute Gasteiger partial charge is 0.481 e. The lowest BCUT2D eigenvalue weighted by atomic mass is 10.0. The van der Waals surface area contributed by atoms with Crippen molar-refractivity contribution in [1.82, 2.24) is 0 Å². The zero-order valence-electron chi connectivity index (χ0n) is 8.18. The van der Waals surface area contributed by atoms with Crippen molar-refractivity contribution in [3.63, 3.8) is 0 Å². The lowest BCUT2D eigenvalue weighted by Crippen LogP contribution is -2.22. The molecule has 0 fully saturated rings. The molecule has 0 radical (unpaired) electrons. The summed E-state index contributed by atoms with van der Waals surface area (Å²) in [5.74, 6) is -3.21. The number of carboxylic acid groups (broad SMARTS) is 2. The number of aliphatic carboxylic acids is 2. The van der Waals surface area contributed by atoms with Gasteiger partial charge >= 0.3 is 11.9 Å². The van der Waals surface area contributed by atoms with E-state index in [1.54, 1.807) is 0 Å². The summed E-state index contributed by atoms with van der Waals surface area (Å²) in [7, 11) is 0. The number of carbonyl (C=O) groups is 2. The van der Waals surface area contributed by atoms with Crippen LogP contribution in [0.3, 0.4) is 0 Å². The summed E-state index contributed by atoms with van der Waals surface area (Å²) in [6.07, 6.45) is -0.306. The van der Waals surface area contributed by atoms with Crippen LogP contribution < -0.4 is 5.73 Å². The number of hydrogen-bond acceptors (Lipinski definition) is 3. The number of halogens is 1. The summed E-state index contributed by atoms with van der Waals surface area (Å²) in [5.41, 5.74) is 5.34. The first-order valence-corrected chi connectivity index (χ1v) is 4.40. The van der Waals surface area contributed by atoms with Gasteiger partial charge in [-0.15, -0.1) is 0 Å². The van der Waals surface area contributed by atoms with Crippen molar-refractivity contribution >= 4 is 11.9 Å². The molecular weight excluding hydrogens is 217 g/mol. The van der Waals surface area contributed by atoms with Gasteiger partial charge in [0.05, 0.1) is 6.42 Å². The van der Waals surface area contributed by atoms with Gasteiger partial charge in [-0.25, -0.2) is 4.39 Å². The molecule has 0 aliphatic heterocycles. The monoisotopic (exact) mass is 227 g/mol. The molecule has 0 bridgehead atoms. The van der Waals surface area contributed by atoms with E-state index in [0.717, 1.165) is 12.1 Å². The Labute approximate surface area is 90.3 Å².